The van der Waals surface area contributed by atoms with Gasteiger partial charge in [0.15, 0.2) is 5.78 Å². The van der Waals surface area contributed by atoms with Gasteiger partial charge in [-0.3, -0.25) is 19.2 Å². The average Bonchev–Trinajstić information content (AvgIpc) is 2.74. The molecule has 0 fully saturated rings. The molecule has 1 rings (SSSR count). The number of alkyl halides is 1. The third-order valence-electron chi connectivity index (χ3n) is 4.65. The van der Waals surface area contributed by atoms with Crippen molar-refractivity contribution in [2.45, 2.75) is 58.0 Å². The Balaban J connectivity index is 2.67. The van der Waals surface area contributed by atoms with Crippen LogP contribution in [0.15, 0.2) is 30.3 Å². The highest BCUT2D eigenvalue weighted by molar-refractivity contribution is 5.93. The molecule has 0 aliphatic carbocycles. The minimum atomic E-state index is -1.18. The molecule has 0 heterocycles. The first-order chi connectivity index (χ1) is 14.3. The van der Waals surface area contributed by atoms with Crippen LogP contribution in [-0.2, 0) is 30.3 Å². The Bertz CT molecular complexity index is 709. The van der Waals surface area contributed by atoms with Crippen LogP contribution in [0, 0.1) is 5.92 Å². The number of ether oxygens (including phenoxy) is 1. The lowest BCUT2D eigenvalue weighted by Crippen LogP contribution is -2.54. The van der Waals surface area contributed by atoms with E-state index < -0.39 is 30.4 Å². The van der Waals surface area contributed by atoms with E-state index in [1.165, 1.54) is 7.11 Å². The van der Waals surface area contributed by atoms with Crippen molar-refractivity contribution in [1.82, 2.24) is 10.6 Å². The van der Waals surface area contributed by atoms with Crippen LogP contribution < -0.4 is 10.6 Å². The summed E-state index contributed by atoms with van der Waals surface area (Å²) in [5.74, 6) is -2.15. The van der Waals surface area contributed by atoms with Gasteiger partial charge < -0.3 is 15.4 Å². The second-order valence-electron chi connectivity index (χ2n) is 7.42. The number of nitrogens with one attached hydrogen (secondary N) is 2. The minimum Gasteiger partial charge on any atom is -0.469 e. The number of Topliss-reactive ketones (excluding diaryl/α,β-unsaturated/α-hetero) is 1. The van der Waals surface area contributed by atoms with E-state index in [1.54, 1.807) is 38.1 Å². The lowest BCUT2D eigenvalue weighted by atomic mass is 9.99. The van der Waals surface area contributed by atoms with Gasteiger partial charge in [0.25, 0.3) is 0 Å². The van der Waals surface area contributed by atoms with Crippen molar-refractivity contribution >= 4 is 23.6 Å². The molecule has 0 spiro atoms. The van der Waals surface area contributed by atoms with Gasteiger partial charge in [0.2, 0.25) is 11.8 Å². The number of methoxy groups -OCH3 is 1. The summed E-state index contributed by atoms with van der Waals surface area (Å²) in [5, 5.41) is 5.26. The summed E-state index contributed by atoms with van der Waals surface area (Å²) in [6.07, 6.45) is 1.53. The molecular formula is C22H31FN2O5. The Labute approximate surface area is 176 Å². The molecule has 7 nitrogen and oxygen atoms in total. The first-order valence-electron chi connectivity index (χ1n) is 10.1. The number of hydrogen-bond donors (Lipinski definition) is 2. The van der Waals surface area contributed by atoms with Gasteiger partial charge in [-0.15, -0.1) is 0 Å². The number of benzene rings is 1. The van der Waals surface area contributed by atoms with E-state index in [4.69, 9.17) is 0 Å². The Morgan fingerprint density at radius 2 is 1.63 bits per heavy atom. The monoisotopic (exact) mass is 422 g/mol. The molecule has 8 heteroatoms. The SMILES string of the molecule is COC(=O)CCCCC(=O)N[C@H](C(=O)NC(Cc1ccccc1)C(=O)CF)C(C)C. The topological polar surface area (TPSA) is 102 Å². The highest BCUT2D eigenvalue weighted by atomic mass is 19.1. The number of carbonyl (C=O) groups excluding carboxylic acids is 4. The van der Waals surface area contributed by atoms with Gasteiger partial charge in [-0.2, -0.15) is 0 Å². The zero-order chi connectivity index (χ0) is 22.5. The summed E-state index contributed by atoms with van der Waals surface area (Å²) in [6.45, 7) is 2.35. The van der Waals surface area contributed by atoms with E-state index in [2.05, 4.69) is 15.4 Å². The molecule has 0 saturated heterocycles. The smallest absolute Gasteiger partial charge is 0.305 e. The number of amides is 2. The Hall–Kier alpha value is -2.77. The quantitative estimate of drug-likeness (QED) is 0.375. The van der Waals surface area contributed by atoms with Gasteiger partial charge in [-0.05, 0) is 30.7 Å². The van der Waals surface area contributed by atoms with Crippen LogP contribution in [0.25, 0.3) is 0 Å². The van der Waals surface area contributed by atoms with E-state index >= 15 is 0 Å². The number of unbranched alkanes of at least 4 members (excludes halogenated alkanes) is 1. The molecule has 0 aliphatic heterocycles. The summed E-state index contributed by atoms with van der Waals surface area (Å²) < 4.78 is 17.6. The molecule has 1 aromatic rings. The second-order valence-corrected chi connectivity index (χ2v) is 7.42. The predicted octanol–water partition coefficient (Wildman–Crippen LogP) is 2.13. The first kappa shape index (κ1) is 25.3. The molecule has 0 radical (unpaired) electrons. The van der Waals surface area contributed by atoms with Crippen LogP contribution in [0.5, 0.6) is 0 Å². The summed E-state index contributed by atoms with van der Waals surface area (Å²) in [4.78, 5) is 48.0. The molecule has 0 bridgehead atoms. The fourth-order valence-corrected chi connectivity index (χ4v) is 2.89. The van der Waals surface area contributed by atoms with Crippen LogP contribution >= 0.6 is 0 Å². The maximum atomic E-state index is 13.0. The lowest BCUT2D eigenvalue weighted by Gasteiger charge is -2.25. The molecule has 2 atom stereocenters. The number of rotatable bonds is 13. The van der Waals surface area contributed by atoms with Gasteiger partial charge in [0.05, 0.1) is 13.2 Å². The molecule has 0 saturated carbocycles. The lowest BCUT2D eigenvalue weighted by molar-refractivity contribution is -0.140. The highest BCUT2D eigenvalue weighted by Gasteiger charge is 2.28. The summed E-state index contributed by atoms with van der Waals surface area (Å²) >= 11 is 0. The maximum Gasteiger partial charge on any atom is 0.305 e. The van der Waals surface area contributed by atoms with Gasteiger partial charge in [-0.25, -0.2) is 4.39 Å². The van der Waals surface area contributed by atoms with Crippen molar-refractivity contribution in [2.75, 3.05) is 13.8 Å². The maximum absolute atomic E-state index is 13.0. The van der Waals surface area contributed by atoms with Crippen molar-refractivity contribution in [3.8, 4) is 0 Å². The molecule has 1 aromatic carbocycles. The highest BCUT2D eigenvalue weighted by Crippen LogP contribution is 2.09. The molecule has 2 N–H and O–H groups in total. The number of halogens is 1. The normalized spacial score (nSPS) is 12.7. The van der Waals surface area contributed by atoms with Crippen LogP contribution in [0.3, 0.4) is 0 Å². The molecule has 30 heavy (non-hydrogen) atoms. The van der Waals surface area contributed by atoms with E-state index in [1.807, 2.05) is 6.07 Å². The standard InChI is InChI=1S/C22H31FN2O5/c1-15(2)21(25-19(27)11-7-8-12-20(28)30-3)22(29)24-17(18(26)14-23)13-16-9-5-4-6-10-16/h4-6,9-10,15,17,21H,7-8,11-14H2,1-3H3,(H,24,29)(H,25,27)/t17?,21-/m0/s1. The number of esters is 1. The number of hydrogen-bond acceptors (Lipinski definition) is 5. The summed E-state index contributed by atoms with van der Waals surface area (Å²) in [6, 6.07) is 7.13. The van der Waals surface area contributed by atoms with E-state index in [9.17, 15) is 23.6 Å². The summed E-state index contributed by atoms with van der Waals surface area (Å²) in [5.41, 5.74) is 0.792. The number of ketones is 1. The first-order valence-corrected chi connectivity index (χ1v) is 10.1. The van der Waals surface area contributed by atoms with Crippen molar-refractivity contribution in [3.63, 3.8) is 0 Å². The van der Waals surface area contributed by atoms with E-state index in [-0.39, 0.29) is 37.1 Å². The fraction of sp³-hybridized carbons (Fsp3) is 0.545. The molecule has 1 unspecified atom stereocenters. The third kappa shape index (κ3) is 9.15. The molecular weight excluding hydrogens is 391 g/mol. The zero-order valence-corrected chi connectivity index (χ0v) is 17.8. The number of carbonyl (C=O) groups is 4. The van der Waals surface area contributed by atoms with Gasteiger partial charge in [0.1, 0.15) is 12.7 Å². The molecule has 2 amide bonds. The minimum absolute atomic E-state index is 0.157. The van der Waals surface area contributed by atoms with Crippen LogP contribution in [-0.4, -0.2) is 49.4 Å². The Morgan fingerprint density at radius 1 is 1.00 bits per heavy atom. The van der Waals surface area contributed by atoms with Gasteiger partial charge in [-0.1, -0.05) is 44.2 Å². The third-order valence-corrected chi connectivity index (χ3v) is 4.65. The van der Waals surface area contributed by atoms with E-state index in [0.717, 1.165) is 5.56 Å². The van der Waals surface area contributed by atoms with Crippen molar-refractivity contribution in [2.24, 2.45) is 5.92 Å². The van der Waals surface area contributed by atoms with Gasteiger partial charge in [0, 0.05) is 12.8 Å². The zero-order valence-electron chi connectivity index (χ0n) is 17.8. The van der Waals surface area contributed by atoms with Crippen molar-refractivity contribution in [1.29, 1.82) is 0 Å². The predicted molar refractivity (Wildman–Crippen MR) is 110 cm³/mol. The Morgan fingerprint density at radius 3 is 2.20 bits per heavy atom. The van der Waals surface area contributed by atoms with Crippen LogP contribution in [0.1, 0.15) is 45.1 Å². The summed E-state index contributed by atoms with van der Waals surface area (Å²) in [7, 11) is 1.31. The molecule has 0 aromatic heterocycles. The van der Waals surface area contributed by atoms with E-state index in [0.29, 0.717) is 12.8 Å². The molecule has 166 valence electrons. The van der Waals surface area contributed by atoms with Crippen molar-refractivity contribution in [3.05, 3.63) is 35.9 Å². The average molecular weight is 422 g/mol. The fourth-order valence-electron chi connectivity index (χ4n) is 2.89. The van der Waals surface area contributed by atoms with Crippen LogP contribution in [0.4, 0.5) is 4.39 Å². The van der Waals surface area contributed by atoms with Crippen molar-refractivity contribution < 1.29 is 28.3 Å². The Kier molecular flexibility index (Phi) is 11.3. The van der Waals surface area contributed by atoms with Gasteiger partial charge >= 0.3 is 5.97 Å². The largest absolute Gasteiger partial charge is 0.469 e. The second kappa shape index (κ2) is 13.5. The van der Waals surface area contributed by atoms with Crippen LogP contribution in [0.2, 0.25) is 0 Å². The molecule has 0 aliphatic rings.